The number of fused-ring (bicyclic) bond motifs is 2. The topological polar surface area (TPSA) is 108 Å². The van der Waals surface area contributed by atoms with Crippen LogP contribution in [0.4, 0.5) is 10.1 Å². The van der Waals surface area contributed by atoms with Gasteiger partial charge in [0.15, 0.2) is 12.4 Å². The van der Waals surface area contributed by atoms with Crippen molar-refractivity contribution in [2.45, 2.75) is 0 Å². The van der Waals surface area contributed by atoms with Crippen molar-refractivity contribution in [2.75, 3.05) is 19.0 Å². The molecule has 2 heterocycles. The first-order valence-corrected chi connectivity index (χ1v) is 13.8. The zero-order chi connectivity index (χ0) is 29.9. The number of carbonyl (C=O) groups excluding carboxylic acids is 1. The van der Waals surface area contributed by atoms with Crippen molar-refractivity contribution in [1.29, 1.82) is 0 Å². The van der Waals surface area contributed by atoms with Crippen LogP contribution in [-0.4, -0.2) is 35.5 Å². The molecule has 0 saturated heterocycles. The average molecular weight is 641 g/mol. The second kappa shape index (κ2) is 11.9. The molecule has 6 rings (SSSR count). The first-order chi connectivity index (χ1) is 20.9. The molecule has 214 valence electrons. The van der Waals surface area contributed by atoms with E-state index in [0.717, 1.165) is 5.39 Å². The summed E-state index contributed by atoms with van der Waals surface area (Å²) in [5.41, 5.74) is 1.41. The monoisotopic (exact) mass is 640 g/mol. The van der Waals surface area contributed by atoms with E-state index < -0.39 is 11.7 Å². The maximum Gasteiger partial charge on any atom is 0.282 e. The Morgan fingerprint density at radius 2 is 1.84 bits per heavy atom. The Labute approximate surface area is 252 Å². The highest BCUT2D eigenvalue weighted by molar-refractivity contribution is 9.10. The molecule has 11 heteroatoms. The molecule has 0 atom stereocenters. The smallest absolute Gasteiger partial charge is 0.282 e. The van der Waals surface area contributed by atoms with Gasteiger partial charge in [-0.05, 0) is 82.2 Å². The molecule has 9 nitrogen and oxygen atoms in total. The molecule has 6 aromatic rings. The van der Waals surface area contributed by atoms with Gasteiger partial charge in [0.25, 0.3) is 11.5 Å². The van der Waals surface area contributed by atoms with Gasteiger partial charge >= 0.3 is 0 Å². The van der Waals surface area contributed by atoms with Crippen molar-refractivity contribution in [3.8, 4) is 23.1 Å². The third kappa shape index (κ3) is 5.75. The molecule has 0 saturated carbocycles. The van der Waals surface area contributed by atoms with Gasteiger partial charge in [-0.3, -0.25) is 9.59 Å². The Balaban J connectivity index is 1.28. The van der Waals surface area contributed by atoms with Gasteiger partial charge in [0.2, 0.25) is 5.82 Å². The van der Waals surface area contributed by atoms with Gasteiger partial charge in [-0.2, -0.15) is 9.78 Å². The summed E-state index contributed by atoms with van der Waals surface area (Å²) in [7, 11) is 1.57. The van der Waals surface area contributed by atoms with Gasteiger partial charge in [-0.25, -0.2) is 9.37 Å². The standard InChI is InChI=1S/C32H22BrFN4O5/c1-41-26-11-6-12-27-21(26)16-29(43-27)31-37-24-9-4-2-7-20(24)32(40)38(31)35-17-19-13-14-28(22(33)15-19)42-18-30(39)36-25-10-5-3-8-23(25)34/h2-17H,18H2,1H3,(H,36,39). The van der Waals surface area contributed by atoms with Crippen LogP contribution < -0.4 is 20.3 Å². The summed E-state index contributed by atoms with van der Waals surface area (Å²) < 4.78 is 32.7. The quantitative estimate of drug-likeness (QED) is 0.187. The number of ether oxygens (including phenoxy) is 2. The number of para-hydroxylation sites is 2. The Kier molecular flexibility index (Phi) is 7.71. The fraction of sp³-hybridized carbons (Fsp3) is 0.0625. The lowest BCUT2D eigenvalue weighted by atomic mass is 10.2. The van der Waals surface area contributed by atoms with E-state index >= 15 is 0 Å². The number of hydrogen-bond donors (Lipinski definition) is 1. The number of nitrogens with one attached hydrogen (secondary N) is 1. The largest absolute Gasteiger partial charge is 0.496 e. The number of benzene rings is 4. The zero-order valence-corrected chi connectivity index (χ0v) is 24.2. The van der Waals surface area contributed by atoms with E-state index in [0.29, 0.717) is 43.8 Å². The summed E-state index contributed by atoms with van der Waals surface area (Å²) in [6.07, 6.45) is 1.50. The molecule has 0 radical (unpaired) electrons. The number of nitrogens with zero attached hydrogens (tertiary/aromatic N) is 3. The summed E-state index contributed by atoms with van der Waals surface area (Å²) in [4.78, 5) is 30.5. The molecular weight excluding hydrogens is 619 g/mol. The molecule has 0 bridgehead atoms. The van der Waals surface area contributed by atoms with Crippen LogP contribution in [0.1, 0.15) is 5.56 Å². The lowest BCUT2D eigenvalue weighted by molar-refractivity contribution is -0.118. The van der Waals surface area contributed by atoms with Gasteiger partial charge in [0, 0.05) is 0 Å². The molecule has 2 aromatic heterocycles. The van der Waals surface area contributed by atoms with Crippen LogP contribution in [0.5, 0.6) is 11.5 Å². The highest BCUT2D eigenvalue weighted by Gasteiger charge is 2.18. The molecule has 0 unspecified atom stereocenters. The second-order valence-corrected chi connectivity index (χ2v) is 10.2. The molecule has 0 aliphatic rings. The number of anilines is 1. The average Bonchev–Trinajstić information content (AvgIpc) is 3.46. The number of aromatic nitrogens is 2. The van der Waals surface area contributed by atoms with Gasteiger partial charge in [-0.1, -0.05) is 30.3 Å². The van der Waals surface area contributed by atoms with Crippen LogP contribution in [0.15, 0.2) is 110 Å². The number of amides is 1. The van der Waals surface area contributed by atoms with Crippen LogP contribution >= 0.6 is 15.9 Å². The SMILES string of the molecule is COc1cccc2oc(-c3nc4ccccc4c(=O)n3N=Cc3ccc(OCC(=O)Nc4ccccc4F)c(Br)c3)cc12. The highest BCUT2D eigenvalue weighted by atomic mass is 79.9. The Bertz CT molecular complexity index is 2090. The van der Waals surface area contributed by atoms with Gasteiger partial charge in [0.1, 0.15) is 22.9 Å². The normalized spacial score (nSPS) is 11.3. The fourth-order valence-corrected chi connectivity index (χ4v) is 4.95. The second-order valence-electron chi connectivity index (χ2n) is 9.30. The highest BCUT2D eigenvalue weighted by Crippen LogP contribution is 2.33. The zero-order valence-electron chi connectivity index (χ0n) is 22.6. The van der Waals surface area contributed by atoms with E-state index in [1.165, 1.54) is 29.1 Å². The molecule has 0 fully saturated rings. The van der Waals surface area contributed by atoms with E-state index in [2.05, 4.69) is 26.3 Å². The first-order valence-electron chi connectivity index (χ1n) is 13.0. The number of carbonyl (C=O) groups is 1. The molecule has 1 amide bonds. The molecular formula is C32H22BrFN4O5. The summed E-state index contributed by atoms with van der Waals surface area (Å²) in [6, 6.07) is 25.2. The van der Waals surface area contributed by atoms with Gasteiger partial charge in [0.05, 0.1) is 39.8 Å². The van der Waals surface area contributed by atoms with Gasteiger partial charge in [-0.15, -0.1) is 0 Å². The summed E-state index contributed by atoms with van der Waals surface area (Å²) in [5, 5.41) is 8.09. The van der Waals surface area contributed by atoms with E-state index in [-0.39, 0.29) is 23.7 Å². The van der Waals surface area contributed by atoms with Crippen LogP contribution in [0.3, 0.4) is 0 Å². The Morgan fingerprint density at radius 3 is 2.65 bits per heavy atom. The number of hydrogen-bond acceptors (Lipinski definition) is 7. The minimum Gasteiger partial charge on any atom is -0.496 e. The number of halogens is 2. The van der Waals surface area contributed by atoms with Crippen molar-refractivity contribution in [1.82, 2.24) is 9.66 Å². The molecule has 43 heavy (non-hydrogen) atoms. The predicted molar refractivity (Wildman–Crippen MR) is 165 cm³/mol. The van der Waals surface area contributed by atoms with Gasteiger partial charge < -0.3 is 19.2 Å². The molecule has 1 N–H and O–H groups in total. The fourth-order valence-electron chi connectivity index (χ4n) is 4.44. The number of furan rings is 1. The van der Waals surface area contributed by atoms with Crippen molar-refractivity contribution < 1.29 is 23.1 Å². The van der Waals surface area contributed by atoms with Crippen molar-refractivity contribution in [3.05, 3.63) is 117 Å². The third-order valence-electron chi connectivity index (χ3n) is 6.50. The van der Waals surface area contributed by atoms with Crippen molar-refractivity contribution in [2.24, 2.45) is 5.10 Å². The number of rotatable bonds is 8. The third-order valence-corrected chi connectivity index (χ3v) is 7.12. The minimum atomic E-state index is -0.537. The van der Waals surface area contributed by atoms with E-state index in [1.54, 1.807) is 67.8 Å². The summed E-state index contributed by atoms with van der Waals surface area (Å²) >= 11 is 3.45. The van der Waals surface area contributed by atoms with Crippen LogP contribution in [0.2, 0.25) is 0 Å². The molecule has 4 aromatic carbocycles. The number of methoxy groups -OCH3 is 1. The predicted octanol–water partition coefficient (Wildman–Crippen LogP) is 6.62. The maximum atomic E-state index is 13.8. The van der Waals surface area contributed by atoms with E-state index in [1.807, 2.05) is 12.1 Å². The Hall–Kier alpha value is -5.29. The van der Waals surface area contributed by atoms with Crippen LogP contribution in [0, 0.1) is 5.82 Å². The molecule has 0 aliphatic heterocycles. The first kappa shape index (κ1) is 27.9. The van der Waals surface area contributed by atoms with E-state index in [4.69, 9.17) is 18.9 Å². The van der Waals surface area contributed by atoms with Crippen molar-refractivity contribution >= 4 is 55.6 Å². The Morgan fingerprint density at radius 1 is 1.02 bits per heavy atom. The molecule has 0 spiro atoms. The molecule has 0 aliphatic carbocycles. The van der Waals surface area contributed by atoms with Crippen LogP contribution in [-0.2, 0) is 4.79 Å². The lowest BCUT2D eigenvalue weighted by Crippen LogP contribution is -2.21. The summed E-state index contributed by atoms with van der Waals surface area (Å²) in [6.45, 7) is -0.329. The van der Waals surface area contributed by atoms with E-state index in [9.17, 15) is 14.0 Å². The van der Waals surface area contributed by atoms with Crippen molar-refractivity contribution in [3.63, 3.8) is 0 Å². The summed E-state index contributed by atoms with van der Waals surface area (Å²) in [5.74, 6) is 0.534. The lowest BCUT2D eigenvalue weighted by Gasteiger charge is -2.10. The maximum absolute atomic E-state index is 13.8. The minimum absolute atomic E-state index is 0.0706. The van der Waals surface area contributed by atoms with Crippen LogP contribution in [0.25, 0.3) is 33.5 Å².